The van der Waals surface area contributed by atoms with Crippen LogP contribution in [0.15, 0.2) is 62.0 Å². The average molecular weight is 532 g/mol. The highest BCUT2D eigenvalue weighted by Gasteiger charge is 2.34. The Morgan fingerprint density at radius 2 is 1.93 bits per heavy atom. The van der Waals surface area contributed by atoms with Crippen molar-refractivity contribution in [3.63, 3.8) is 0 Å². The number of carbonyl (C=O) groups is 1. The van der Waals surface area contributed by atoms with Gasteiger partial charge in [0.05, 0.1) is 20.5 Å². The first kappa shape index (κ1) is 21.0. The van der Waals surface area contributed by atoms with Crippen LogP contribution in [0.1, 0.15) is 17.3 Å². The molecule has 148 valence electrons. The molecule has 0 aliphatic carbocycles. The molecule has 0 bridgehead atoms. The molecule has 10 heteroatoms. The van der Waals surface area contributed by atoms with Gasteiger partial charge in [0.1, 0.15) is 5.75 Å². The summed E-state index contributed by atoms with van der Waals surface area (Å²) in [5, 5.41) is 8.06. The van der Waals surface area contributed by atoms with E-state index in [2.05, 4.69) is 37.2 Å². The number of hydrogen-bond donors (Lipinski definition) is 2. The van der Waals surface area contributed by atoms with Crippen molar-refractivity contribution < 1.29 is 22.7 Å². The van der Waals surface area contributed by atoms with Gasteiger partial charge in [0.15, 0.2) is 0 Å². The van der Waals surface area contributed by atoms with E-state index < -0.39 is 16.3 Å². The van der Waals surface area contributed by atoms with E-state index in [9.17, 15) is 13.2 Å². The summed E-state index contributed by atoms with van der Waals surface area (Å²) in [6.45, 7) is 2.15. The summed E-state index contributed by atoms with van der Waals surface area (Å²) in [7, 11) is -3.77. The highest BCUT2D eigenvalue weighted by atomic mass is 79.9. The van der Waals surface area contributed by atoms with Gasteiger partial charge in [-0.2, -0.15) is 0 Å². The summed E-state index contributed by atoms with van der Waals surface area (Å²) < 4.78 is 35.5. The van der Waals surface area contributed by atoms with Gasteiger partial charge in [0.25, 0.3) is 0 Å². The Labute approximate surface area is 179 Å². The van der Waals surface area contributed by atoms with Crippen LogP contribution in [0.4, 0.5) is 5.69 Å². The van der Waals surface area contributed by atoms with Crippen LogP contribution in [0.5, 0.6) is 5.75 Å². The zero-order valence-electron chi connectivity index (χ0n) is 14.6. The summed E-state index contributed by atoms with van der Waals surface area (Å²) >= 11 is 6.77. The van der Waals surface area contributed by atoms with Gasteiger partial charge < -0.3 is 14.8 Å². The normalized spacial score (nSPS) is 17.9. The van der Waals surface area contributed by atoms with Crippen molar-refractivity contribution in [2.75, 3.05) is 11.9 Å². The third-order valence-corrected chi connectivity index (χ3v) is 5.87. The Hall–Kier alpha value is -1.72. The molecule has 2 aromatic carbocycles. The summed E-state index contributed by atoms with van der Waals surface area (Å²) in [5.41, 5.74) is 1.26. The van der Waals surface area contributed by atoms with Gasteiger partial charge in [0.2, 0.25) is 22.1 Å². The molecule has 3 rings (SSSR count). The molecule has 0 amide bonds. The largest absolute Gasteiger partial charge is 0.458 e. The lowest BCUT2D eigenvalue weighted by molar-refractivity contribution is -0.0513. The molecule has 28 heavy (non-hydrogen) atoms. The minimum atomic E-state index is -3.77. The maximum absolute atomic E-state index is 13.0. The molecule has 7 nitrogen and oxygen atoms in total. The van der Waals surface area contributed by atoms with E-state index in [1.165, 1.54) is 18.3 Å². The molecule has 2 aromatic rings. The Morgan fingerprint density at radius 3 is 2.54 bits per heavy atom. The lowest BCUT2D eigenvalue weighted by Gasteiger charge is -2.28. The molecule has 0 radical (unpaired) electrons. The van der Waals surface area contributed by atoms with E-state index in [1.807, 2.05) is 0 Å². The van der Waals surface area contributed by atoms with Gasteiger partial charge in [-0.15, -0.1) is 0 Å². The molecule has 0 fully saturated rings. The summed E-state index contributed by atoms with van der Waals surface area (Å²) in [4.78, 5) is 13.0. The second-order valence-electron chi connectivity index (χ2n) is 5.81. The monoisotopic (exact) mass is 530 g/mol. The highest BCUT2D eigenvalue weighted by molar-refractivity contribution is 9.11. The van der Waals surface area contributed by atoms with Gasteiger partial charge in [0, 0.05) is 23.0 Å². The molecular weight excluding hydrogens is 516 g/mol. The van der Waals surface area contributed by atoms with Crippen LogP contribution in [0, 0.1) is 0 Å². The minimum Gasteiger partial charge on any atom is -0.458 e. The molecule has 1 unspecified atom stereocenters. The molecular formula is C18H16Br2N2O5S. The van der Waals surface area contributed by atoms with Gasteiger partial charge >= 0.3 is 0 Å². The number of ketones is 1. The van der Waals surface area contributed by atoms with Crippen molar-refractivity contribution >= 4 is 53.4 Å². The van der Waals surface area contributed by atoms with Gasteiger partial charge in [-0.25, -0.2) is 13.6 Å². The molecule has 1 aliphatic heterocycles. The van der Waals surface area contributed by atoms with Crippen LogP contribution >= 0.6 is 31.9 Å². The zero-order chi connectivity index (χ0) is 20.5. The van der Waals surface area contributed by atoms with E-state index in [4.69, 9.17) is 14.6 Å². The fraction of sp³-hybridized carbons (Fsp3) is 0.167. The molecule has 0 saturated carbocycles. The van der Waals surface area contributed by atoms with E-state index >= 15 is 0 Å². The van der Waals surface area contributed by atoms with Gasteiger partial charge in [-0.1, -0.05) is 15.9 Å². The third kappa shape index (κ3) is 4.47. The first-order chi connectivity index (χ1) is 13.2. The van der Waals surface area contributed by atoms with E-state index in [0.29, 0.717) is 28.1 Å². The summed E-state index contributed by atoms with van der Waals surface area (Å²) in [5.74, 6) is 0.177. The average Bonchev–Trinajstić information content (AvgIpc) is 2.62. The molecule has 3 N–H and O–H groups in total. The number of anilines is 1. The number of halogens is 2. The third-order valence-electron chi connectivity index (χ3n) is 3.89. The smallest absolute Gasteiger partial charge is 0.238 e. The standard InChI is InChI=1S/C18H16Br2N2O5S/c1-2-26-18-14(9-22-11-3-5-12(6-4-11)28(21,24)25)16(23)13-7-10(19)8-15(20)17(13)27-18/h3-9,18,22H,2H2,1H3,(H2,21,24,25)/b14-9+. The van der Waals surface area contributed by atoms with Crippen molar-refractivity contribution in [3.05, 3.63) is 62.7 Å². The predicted molar refractivity (Wildman–Crippen MR) is 112 cm³/mol. The van der Waals surface area contributed by atoms with Crippen LogP contribution in [0.25, 0.3) is 0 Å². The predicted octanol–water partition coefficient (Wildman–Crippen LogP) is 3.79. The molecule has 1 heterocycles. The molecule has 0 spiro atoms. The number of fused-ring (bicyclic) bond motifs is 1. The highest BCUT2D eigenvalue weighted by Crippen LogP contribution is 2.39. The number of nitrogens with one attached hydrogen (secondary N) is 1. The van der Waals surface area contributed by atoms with E-state index in [1.54, 1.807) is 31.2 Å². The number of carbonyl (C=O) groups excluding carboxylic acids is 1. The second-order valence-corrected chi connectivity index (χ2v) is 9.14. The van der Waals surface area contributed by atoms with Crippen molar-refractivity contribution in [3.8, 4) is 5.75 Å². The van der Waals surface area contributed by atoms with Crippen molar-refractivity contribution in [1.29, 1.82) is 0 Å². The topological polar surface area (TPSA) is 108 Å². The SMILES string of the molecule is CCOC1Oc2c(Br)cc(Br)cc2C(=O)/C1=C\Nc1ccc(S(N)(=O)=O)cc1. The van der Waals surface area contributed by atoms with Crippen molar-refractivity contribution in [1.82, 2.24) is 0 Å². The van der Waals surface area contributed by atoms with E-state index in [-0.39, 0.29) is 16.3 Å². The van der Waals surface area contributed by atoms with E-state index in [0.717, 1.165) is 4.47 Å². The van der Waals surface area contributed by atoms with Crippen LogP contribution in [0.3, 0.4) is 0 Å². The van der Waals surface area contributed by atoms with Crippen LogP contribution in [-0.2, 0) is 14.8 Å². The Balaban J connectivity index is 1.93. The lowest BCUT2D eigenvalue weighted by Crippen LogP contribution is -2.33. The number of sulfonamides is 1. The summed E-state index contributed by atoms with van der Waals surface area (Å²) in [6.07, 6.45) is 0.616. The van der Waals surface area contributed by atoms with Gasteiger partial charge in [-0.05, 0) is 59.3 Å². The number of ether oxygens (including phenoxy) is 2. The van der Waals surface area contributed by atoms with Crippen LogP contribution in [-0.4, -0.2) is 27.1 Å². The fourth-order valence-electron chi connectivity index (χ4n) is 2.59. The maximum Gasteiger partial charge on any atom is 0.238 e. The number of nitrogens with two attached hydrogens (primary N) is 1. The Kier molecular flexibility index (Phi) is 6.25. The molecule has 0 aromatic heterocycles. The number of benzene rings is 2. The second kappa shape index (κ2) is 8.34. The summed E-state index contributed by atoms with van der Waals surface area (Å²) in [6, 6.07) is 9.30. The Morgan fingerprint density at radius 1 is 1.25 bits per heavy atom. The number of Topliss-reactive ketones (excluding diaryl/α,β-unsaturated/α-hetero) is 1. The zero-order valence-corrected chi connectivity index (χ0v) is 18.6. The first-order valence-electron chi connectivity index (χ1n) is 8.12. The molecule has 1 aliphatic rings. The molecule has 1 atom stereocenters. The number of primary sulfonamides is 1. The van der Waals surface area contributed by atoms with Crippen molar-refractivity contribution in [2.45, 2.75) is 18.1 Å². The van der Waals surface area contributed by atoms with Crippen LogP contribution in [0.2, 0.25) is 0 Å². The van der Waals surface area contributed by atoms with Gasteiger partial charge in [-0.3, -0.25) is 4.79 Å². The fourth-order valence-corrected chi connectivity index (χ4v) is 4.43. The quantitative estimate of drug-likeness (QED) is 0.568. The van der Waals surface area contributed by atoms with Crippen LogP contribution < -0.4 is 15.2 Å². The minimum absolute atomic E-state index is 0.00130. The Bertz CT molecular complexity index is 1050. The maximum atomic E-state index is 13.0. The number of rotatable bonds is 5. The van der Waals surface area contributed by atoms with Crippen molar-refractivity contribution in [2.24, 2.45) is 5.14 Å². The lowest BCUT2D eigenvalue weighted by atomic mass is 10.00. The molecule has 0 saturated heterocycles. The first-order valence-corrected chi connectivity index (χ1v) is 11.3. The number of hydrogen-bond acceptors (Lipinski definition) is 6.